The molecule has 18 heavy (non-hydrogen) atoms. The average Bonchev–Trinajstić information content (AvgIpc) is 2.33. The minimum absolute atomic E-state index is 0.574. The van der Waals surface area contributed by atoms with Gasteiger partial charge in [-0.1, -0.05) is 29.3 Å². The lowest BCUT2D eigenvalue weighted by molar-refractivity contribution is -0.141. The summed E-state index contributed by atoms with van der Waals surface area (Å²) >= 11 is 3.32. The second-order valence-electron chi connectivity index (χ2n) is 3.93. The van der Waals surface area contributed by atoms with E-state index in [1.54, 1.807) is 6.07 Å². The number of halogens is 4. The Morgan fingerprint density at radius 2 is 2.06 bits per heavy atom. The van der Waals surface area contributed by atoms with E-state index in [0.717, 1.165) is 30.8 Å². The zero-order valence-electron chi connectivity index (χ0n) is 10.2. The van der Waals surface area contributed by atoms with Crippen molar-refractivity contribution < 1.29 is 13.2 Å². The van der Waals surface area contributed by atoms with Crippen LogP contribution in [0.5, 0.6) is 0 Å². The number of anilines is 1. The number of unbranched alkanes of at least 4 members (excludes halogenated alkanes) is 1. The highest BCUT2D eigenvalue weighted by molar-refractivity contribution is 9.09. The molecule has 1 aromatic rings. The van der Waals surface area contributed by atoms with E-state index < -0.39 is 11.9 Å². The van der Waals surface area contributed by atoms with E-state index in [9.17, 15) is 13.2 Å². The van der Waals surface area contributed by atoms with Crippen LogP contribution in [0.25, 0.3) is 0 Å². The Balaban J connectivity index is 2.90. The van der Waals surface area contributed by atoms with Crippen molar-refractivity contribution in [2.75, 3.05) is 23.3 Å². The lowest BCUT2D eigenvalue weighted by Gasteiger charge is -2.24. The molecule has 1 heterocycles. The Morgan fingerprint density at radius 3 is 2.61 bits per heavy atom. The number of aromatic nitrogens is 1. The van der Waals surface area contributed by atoms with Crippen LogP contribution in [-0.4, -0.2) is 23.4 Å². The molecule has 0 aliphatic carbocycles. The molecular weight excluding hydrogens is 309 g/mol. The Labute approximate surface area is 113 Å². The highest BCUT2D eigenvalue weighted by Gasteiger charge is 2.32. The van der Waals surface area contributed by atoms with Crippen LogP contribution < -0.4 is 4.90 Å². The third-order valence-electron chi connectivity index (χ3n) is 2.54. The van der Waals surface area contributed by atoms with E-state index in [-0.39, 0.29) is 0 Å². The van der Waals surface area contributed by atoms with Crippen LogP contribution in [-0.2, 0) is 6.18 Å². The normalized spacial score (nSPS) is 11.6. The second kappa shape index (κ2) is 6.97. The SMILES string of the molecule is CCCCN(CCBr)c1ccnc(C(F)(F)F)c1. The van der Waals surface area contributed by atoms with Crippen molar-refractivity contribution in [2.24, 2.45) is 0 Å². The van der Waals surface area contributed by atoms with E-state index in [2.05, 4.69) is 27.8 Å². The Hall–Kier alpha value is -0.780. The van der Waals surface area contributed by atoms with Gasteiger partial charge in [0.2, 0.25) is 0 Å². The first-order valence-corrected chi connectivity index (χ1v) is 6.95. The lowest BCUT2D eigenvalue weighted by atomic mass is 10.2. The molecule has 0 unspecified atom stereocenters. The molecule has 0 saturated heterocycles. The standard InChI is InChI=1S/C12H16BrF3N2/c1-2-3-7-18(8-5-13)10-4-6-17-11(9-10)12(14,15)16/h4,6,9H,2-3,5,7-8H2,1H3. The van der Waals surface area contributed by atoms with Crippen LogP contribution in [0.2, 0.25) is 0 Å². The Morgan fingerprint density at radius 1 is 1.33 bits per heavy atom. The maximum Gasteiger partial charge on any atom is 0.433 e. The minimum Gasteiger partial charge on any atom is -0.371 e. The third-order valence-corrected chi connectivity index (χ3v) is 2.89. The minimum atomic E-state index is -4.39. The van der Waals surface area contributed by atoms with E-state index in [0.29, 0.717) is 12.2 Å². The third kappa shape index (κ3) is 4.48. The Bertz CT molecular complexity index is 369. The van der Waals surface area contributed by atoms with Crippen LogP contribution in [0, 0.1) is 0 Å². The van der Waals surface area contributed by atoms with Crippen LogP contribution >= 0.6 is 15.9 Å². The van der Waals surface area contributed by atoms with Gasteiger partial charge in [0.05, 0.1) is 0 Å². The molecule has 0 amide bonds. The molecule has 102 valence electrons. The fourth-order valence-electron chi connectivity index (χ4n) is 1.59. The number of nitrogens with zero attached hydrogens (tertiary/aromatic N) is 2. The predicted molar refractivity (Wildman–Crippen MR) is 70.2 cm³/mol. The summed E-state index contributed by atoms with van der Waals surface area (Å²) in [6.07, 6.45) is -1.21. The quantitative estimate of drug-likeness (QED) is 0.732. The molecule has 2 nitrogen and oxygen atoms in total. The summed E-state index contributed by atoms with van der Waals surface area (Å²) in [4.78, 5) is 5.31. The van der Waals surface area contributed by atoms with Gasteiger partial charge in [-0.05, 0) is 18.6 Å². The predicted octanol–water partition coefficient (Wildman–Crippen LogP) is 4.10. The molecule has 0 atom stereocenters. The summed E-state index contributed by atoms with van der Waals surface area (Å²) in [5.74, 6) is 0. The van der Waals surface area contributed by atoms with E-state index >= 15 is 0 Å². The first-order valence-electron chi connectivity index (χ1n) is 5.83. The molecule has 1 aromatic heterocycles. The second-order valence-corrected chi connectivity index (χ2v) is 4.72. The van der Waals surface area contributed by atoms with Crippen molar-refractivity contribution in [3.8, 4) is 0 Å². The summed E-state index contributed by atoms with van der Waals surface area (Å²) in [7, 11) is 0. The molecule has 0 aromatic carbocycles. The fourth-order valence-corrected chi connectivity index (χ4v) is 2.02. The highest BCUT2D eigenvalue weighted by Crippen LogP contribution is 2.29. The zero-order valence-corrected chi connectivity index (χ0v) is 11.8. The van der Waals surface area contributed by atoms with Gasteiger partial charge in [0, 0.05) is 30.3 Å². The fraction of sp³-hybridized carbons (Fsp3) is 0.583. The maximum atomic E-state index is 12.6. The first-order chi connectivity index (χ1) is 8.49. The van der Waals surface area contributed by atoms with Crippen molar-refractivity contribution >= 4 is 21.6 Å². The molecule has 0 fully saturated rings. The summed E-state index contributed by atoms with van der Waals surface area (Å²) in [5, 5.41) is 0.723. The molecular formula is C12H16BrF3N2. The monoisotopic (exact) mass is 324 g/mol. The molecule has 0 bridgehead atoms. The molecule has 0 saturated carbocycles. The van der Waals surface area contributed by atoms with Crippen LogP contribution in [0.1, 0.15) is 25.5 Å². The lowest BCUT2D eigenvalue weighted by Crippen LogP contribution is -2.27. The number of rotatable bonds is 6. The summed E-state index contributed by atoms with van der Waals surface area (Å²) in [6, 6.07) is 2.73. The number of hydrogen-bond donors (Lipinski definition) is 0. The number of hydrogen-bond acceptors (Lipinski definition) is 2. The molecule has 1 rings (SSSR count). The van der Waals surface area contributed by atoms with E-state index in [1.807, 2.05) is 4.90 Å². The number of pyridine rings is 1. The molecule has 0 N–H and O–H groups in total. The topological polar surface area (TPSA) is 16.1 Å². The van der Waals surface area contributed by atoms with Crippen molar-refractivity contribution in [3.63, 3.8) is 0 Å². The van der Waals surface area contributed by atoms with Gasteiger partial charge in [-0.15, -0.1) is 0 Å². The molecule has 0 spiro atoms. The van der Waals surface area contributed by atoms with Gasteiger partial charge >= 0.3 is 6.18 Å². The summed E-state index contributed by atoms with van der Waals surface area (Å²) in [5.41, 5.74) is -0.263. The Kier molecular flexibility index (Phi) is 5.91. The molecule has 0 aliphatic heterocycles. The van der Waals surface area contributed by atoms with E-state index in [1.165, 1.54) is 6.20 Å². The molecule has 0 radical (unpaired) electrons. The molecule has 6 heteroatoms. The summed E-state index contributed by atoms with van der Waals surface area (Å²) < 4.78 is 37.7. The van der Waals surface area contributed by atoms with Gasteiger partial charge in [-0.3, -0.25) is 4.98 Å². The van der Waals surface area contributed by atoms with Gasteiger partial charge in [0.1, 0.15) is 5.69 Å². The van der Waals surface area contributed by atoms with Crippen LogP contribution in [0.4, 0.5) is 18.9 Å². The number of alkyl halides is 4. The smallest absolute Gasteiger partial charge is 0.371 e. The highest BCUT2D eigenvalue weighted by atomic mass is 79.9. The van der Waals surface area contributed by atoms with Gasteiger partial charge in [0.15, 0.2) is 0 Å². The average molecular weight is 325 g/mol. The van der Waals surface area contributed by atoms with Crippen molar-refractivity contribution in [1.29, 1.82) is 0 Å². The summed E-state index contributed by atoms with van der Waals surface area (Å²) in [6.45, 7) is 3.49. The van der Waals surface area contributed by atoms with Crippen LogP contribution in [0.15, 0.2) is 18.3 Å². The maximum absolute atomic E-state index is 12.6. The molecule has 0 aliphatic rings. The van der Waals surface area contributed by atoms with Crippen molar-refractivity contribution in [1.82, 2.24) is 4.98 Å². The first kappa shape index (κ1) is 15.3. The van der Waals surface area contributed by atoms with E-state index in [4.69, 9.17) is 0 Å². The van der Waals surface area contributed by atoms with Crippen LogP contribution in [0.3, 0.4) is 0 Å². The van der Waals surface area contributed by atoms with Gasteiger partial charge < -0.3 is 4.90 Å². The van der Waals surface area contributed by atoms with Gasteiger partial charge in [-0.2, -0.15) is 13.2 Å². The van der Waals surface area contributed by atoms with Crippen molar-refractivity contribution in [2.45, 2.75) is 25.9 Å². The van der Waals surface area contributed by atoms with Crippen molar-refractivity contribution in [3.05, 3.63) is 24.0 Å². The zero-order chi connectivity index (χ0) is 13.6. The van der Waals surface area contributed by atoms with Gasteiger partial charge in [0.25, 0.3) is 0 Å². The van der Waals surface area contributed by atoms with Gasteiger partial charge in [-0.25, -0.2) is 0 Å². The largest absolute Gasteiger partial charge is 0.433 e.